The number of benzene rings is 2. The molecule has 0 unspecified atom stereocenters. The van der Waals surface area contributed by atoms with Crippen molar-refractivity contribution in [2.75, 3.05) is 5.01 Å². The van der Waals surface area contributed by atoms with Crippen molar-refractivity contribution >= 4 is 40.1 Å². The van der Waals surface area contributed by atoms with E-state index in [4.69, 9.17) is 11.6 Å². The van der Waals surface area contributed by atoms with Crippen molar-refractivity contribution in [3.8, 4) is 0 Å². The summed E-state index contributed by atoms with van der Waals surface area (Å²) in [6, 6.07) is 15.7. The molecular weight excluding hydrogens is 272 g/mol. The summed E-state index contributed by atoms with van der Waals surface area (Å²) in [5, 5.41) is 16.8. The summed E-state index contributed by atoms with van der Waals surface area (Å²) in [6.07, 6.45) is 1.82. The molecular formula is C15H9ClN4. The predicted molar refractivity (Wildman–Crippen MR) is 80.7 cm³/mol. The van der Waals surface area contributed by atoms with E-state index in [0.29, 0.717) is 11.0 Å². The van der Waals surface area contributed by atoms with E-state index in [1.165, 1.54) is 0 Å². The Hall–Kier alpha value is -2.46. The molecule has 0 saturated heterocycles. The van der Waals surface area contributed by atoms with Crippen LogP contribution in [0.15, 0.2) is 53.6 Å². The first-order valence-corrected chi connectivity index (χ1v) is 6.56. The molecule has 0 aliphatic carbocycles. The third-order valence-corrected chi connectivity index (χ3v) is 3.57. The second-order valence-electron chi connectivity index (χ2n) is 4.48. The van der Waals surface area contributed by atoms with Gasteiger partial charge in [-0.3, -0.25) is 0 Å². The van der Waals surface area contributed by atoms with Crippen LogP contribution in [0.3, 0.4) is 0 Å². The molecule has 0 bridgehead atoms. The maximum atomic E-state index is 6.14. The lowest BCUT2D eigenvalue weighted by atomic mass is 10.1. The van der Waals surface area contributed by atoms with Gasteiger partial charge in [0, 0.05) is 16.3 Å². The van der Waals surface area contributed by atoms with E-state index >= 15 is 0 Å². The Morgan fingerprint density at radius 2 is 1.75 bits per heavy atom. The van der Waals surface area contributed by atoms with Crippen LogP contribution in [0.25, 0.3) is 10.8 Å². The molecule has 1 aliphatic rings. The SMILES string of the molecule is Clc1nnc2c3c(cccc13)C=NN2c1ccccc1. The summed E-state index contributed by atoms with van der Waals surface area (Å²) < 4.78 is 0. The number of halogens is 1. The van der Waals surface area contributed by atoms with Gasteiger partial charge in [-0.05, 0) is 12.1 Å². The van der Waals surface area contributed by atoms with Gasteiger partial charge in [-0.1, -0.05) is 48.0 Å². The van der Waals surface area contributed by atoms with Crippen LogP contribution in [-0.2, 0) is 0 Å². The lowest BCUT2D eigenvalue weighted by Gasteiger charge is -2.23. The highest BCUT2D eigenvalue weighted by Gasteiger charge is 2.20. The number of hydrogen-bond acceptors (Lipinski definition) is 4. The molecule has 0 N–H and O–H groups in total. The summed E-state index contributed by atoms with van der Waals surface area (Å²) in [6.45, 7) is 0. The van der Waals surface area contributed by atoms with E-state index in [9.17, 15) is 0 Å². The Balaban J connectivity index is 2.03. The van der Waals surface area contributed by atoms with E-state index in [1.54, 1.807) is 5.01 Å². The number of para-hydroxylation sites is 1. The van der Waals surface area contributed by atoms with E-state index in [2.05, 4.69) is 15.3 Å². The molecule has 0 radical (unpaired) electrons. The first-order valence-electron chi connectivity index (χ1n) is 6.18. The first-order chi connectivity index (χ1) is 9.84. The fourth-order valence-electron chi connectivity index (χ4n) is 2.38. The van der Waals surface area contributed by atoms with Gasteiger partial charge in [0.2, 0.25) is 0 Å². The minimum atomic E-state index is 0.411. The molecule has 3 aromatic rings. The predicted octanol–water partition coefficient (Wildman–Crippen LogP) is 3.77. The van der Waals surface area contributed by atoms with Gasteiger partial charge in [-0.25, -0.2) is 5.01 Å². The molecule has 96 valence electrons. The molecule has 2 aromatic carbocycles. The molecule has 20 heavy (non-hydrogen) atoms. The molecule has 0 fully saturated rings. The number of hydrogen-bond donors (Lipinski definition) is 0. The largest absolute Gasteiger partial charge is 0.213 e. The number of aromatic nitrogens is 2. The zero-order chi connectivity index (χ0) is 13.5. The van der Waals surface area contributed by atoms with Crippen LogP contribution in [0.5, 0.6) is 0 Å². The molecule has 4 nitrogen and oxygen atoms in total. The van der Waals surface area contributed by atoms with E-state index in [-0.39, 0.29) is 0 Å². The van der Waals surface area contributed by atoms with Crippen molar-refractivity contribution in [3.05, 3.63) is 59.2 Å². The first kappa shape index (κ1) is 11.4. The smallest absolute Gasteiger partial charge is 0.184 e. The quantitative estimate of drug-likeness (QED) is 0.681. The van der Waals surface area contributed by atoms with Crippen molar-refractivity contribution in [1.82, 2.24) is 10.2 Å². The Morgan fingerprint density at radius 3 is 2.60 bits per heavy atom. The molecule has 2 heterocycles. The normalized spacial score (nSPS) is 12.9. The Bertz CT molecular complexity index is 830. The number of anilines is 2. The van der Waals surface area contributed by atoms with Gasteiger partial charge in [0.1, 0.15) is 0 Å². The van der Waals surface area contributed by atoms with E-state index in [0.717, 1.165) is 22.0 Å². The molecule has 4 rings (SSSR count). The zero-order valence-electron chi connectivity index (χ0n) is 10.4. The number of rotatable bonds is 1. The van der Waals surface area contributed by atoms with Gasteiger partial charge < -0.3 is 0 Å². The van der Waals surface area contributed by atoms with Gasteiger partial charge >= 0.3 is 0 Å². The van der Waals surface area contributed by atoms with E-state index < -0.39 is 0 Å². The lowest BCUT2D eigenvalue weighted by Crippen LogP contribution is -2.16. The number of hydrazone groups is 1. The molecule has 0 saturated carbocycles. The van der Waals surface area contributed by atoms with Crippen LogP contribution in [0.4, 0.5) is 11.5 Å². The average Bonchev–Trinajstić information content (AvgIpc) is 2.52. The fourth-order valence-corrected chi connectivity index (χ4v) is 2.57. The van der Waals surface area contributed by atoms with Gasteiger partial charge in [0.25, 0.3) is 0 Å². The second kappa shape index (κ2) is 4.28. The van der Waals surface area contributed by atoms with Gasteiger partial charge in [-0.15, -0.1) is 10.2 Å². The highest BCUT2D eigenvalue weighted by Crippen LogP contribution is 2.36. The van der Waals surface area contributed by atoms with Crippen molar-refractivity contribution in [2.24, 2.45) is 5.10 Å². The topological polar surface area (TPSA) is 41.4 Å². The maximum Gasteiger partial charge on any atom is 0.184 e. The zero-order valence-corrected chi connectivity index (χ0v) is 11.1. The molecule has 1 aromatic heterocycles. The van der Waals surface area contributed by atoms with Crippen molar-refractivity contribution in [3.63, 3.8) is 0 Å². The van der Waals surface area contributed by atoms with Crippen molar-refractivity contribution in [2.45, 2.75) is 0 Å². The van der Waals surface area contributed by atoms with Crippen LogP contribution in [0.1, 0.15) is 5.56 Å². The third-order valence-electron chi connectivity index (χ3n) is 3.29. The summed E-state index contributed by atoms with van der Waals surface area (Å²) in [5.41, 5.74) is 1.94. The van der Waals surface area contributed by atoms with E-state index in [1.807, 2.05) is 54.7 Å². The average molecular weight is 281 g/mol. The Labute approximate surface area is 120 Å². The fraction of sp³-hybridized carbons (Fsp3) is 0. The molecule has 5 heteroatoms. The highest BCUT2D eigenvalue weighted by atomic mass is 35.5. The molecule has 0 atom stereocenters. The number of nitrogens with zero attached hydrogens (tertiary/aromatic N) is 4. The summed E-state index contributed by atoms with van der Waals surface area (Å²) in [5.74, 6) is 0.703. The highest BCUT2D eigenvalue weighted by molar-refractivity contribution is 6.35. The maximum absolute atomic E-state index is 6.14. The van der Waals surface area contributed by atoms with Crippen LogP contribution >= 0.6 is 11.6 Å². The summed E-state index contributed by atoms with van der Waals surface area (Å²) in [7, 11) is 0. The lowest BCUT2D eigenvalue weighted by molar-refractivity contribution is 0.966. The van der Waals surface area contributed by atoms with Crippen molar-refractivity contribution < 1.29 is 0 Å². The minimum Gasteiger partial charge on any atom is -0.213 e. The summed E-state index contributed by atoms with van der Waals surface area (Å²) >= 11 is 6.14. The Morgan fingerprint density at radius 1 is 0.900 bits per heavy atom. The van der Waals surface area contributed by atoms with Crippen LogP contribution in [-0.4, -0.2) is 16.4 Å². The van der Waals surface area contributed by atoms with Gasteiger partial charge in [0.05, 0.1) is 11.9 Å². The minimum absolute atomic E-state index is 0.411. The van der Waals surface area contributed by atoms with Crippen LogP contribution in [0, 0.1) is 0 Å². The van der Waals surface area contributed by atoms with Crippen LogP contribution < -0.4 is 5.01 Å². The summed E-state index contributed by atoms with van der Waals surface area (Å²) in [4.78, 5) is 0. The van der Waals surface area contributed by atoms with Gasteiger partial charge in [0.15, 0.2) is 11.0 Å². The molecule has 1 aliphatic heterocycles. The molecule has 0 amide bonds. The van der Waals surface area contributed by atoms with Crippen LogP contribution in [0.2, 0.25) is 5.15 Å². The standard InChI is InChI=1S/C15H9ClN4/c16-14-12-8-4-5-10-9-17-20(11-6-2-1-3-7-11)15(13(10)12)19-18-14/h1-9H. The Kier molecular flexibility index (Phi) is 2.44. The monoisotopic (exact) mass is 280 g/mol. The van der Waals surface area contributed by atoms with Crippen molar-refractivity contribution in [1.29, 1.82) is 0 Å². The third kappa shape index (κ3) is 1.58. The van der Waals surface area contributed by atoms with Gasteiger partial charge in [-0.2, -0.15) is 5.10 Å². The molecule has 0 spiro atoms. The second-order valence-corrected chi connectivity index (χ2v) is 4.83.